The number of aromatic nitrogens is 4. The van der Waals surface area contributed by atoms with Gasteiger partial charge in [0.15, 0.2) is 5.82 Å². The average molecular weight is 467 g/mol. The van der Waals surface area contributed by atoms with Crippen LogP contribution in [-0.2, 0) is 0 Å². The first kappa shape index (κ1) is 21.8. The lowest BCUT2D eigenvalue weighted by Crippen LogP contribution is -2.08. The van der Waals surface area contributed by atoms with Crippen molar-refractivity contribution >= 4 is 40.0 Å². The van der Waals surface area contributed by atoms with Crippen LogP contribution in [0.4, 0.5) is 17.5 Å². The number of anilines is 3. The van der Waals surface area contributed by atoms with Crippen molar-refractivity contribution in [1.82, 2.24) is 20.2 Å². The van der Waals surface area contributed by atoms with E-state index in [2.05, 4.69) is 42.9 Å². The number of nitrogens with one attached hydrogen (secondary N) is 2. The second-order valence-corrected chi connectivity index (χ2v) is 8.52. The Kier molecular flexibility index (Phi) is 6.60. The molecular weight excluding hydrogens is 444 g/mol. The SMILES string of the molecule is OCCNc1nccc(Sc2ccc(Nc3nnc(-c4ccccc4)c4ccccc34)cc2)n1. The lowest BCUT2D eigenvalue weighted by Gasteiger charge is -2.11. The van der Waals surface area contributed by atoms with Crippen molar-refractivity contribution < 1.29 is 5.11 Å². The molecule has 0 aliphatic heterocycles. The van der Waals surface area contributed by atoms with E-state index < -0.39 is 0 Å². The molecule has 0 amide bonds. The highest BCUT2D eigenvalue weighted by Crippen LogP contribution is 2.32. The van der Waals surface area contributed by atoms with Gasteiger partial charge in [0, 0.05) is 39.7 Å². The first-order valence-electron chi connectivity index (χ1n) is 10.8. The van der Waals surface area contributed by atoms with Crippen LogP contribution in [0.5, 0.6) is 0 Å². The number of nitrogens with zero attached hydrogens (tertiary/aromatic N) is 4. The summed E-state index contributed by atoms with van der Waals surface area (Å²) < 4.78 is 0. The van der Waals surface area contributed by atoms with Gasteiger partial charge in [-0.1, -0.05) is 66.4 Å². The average Bonchev–Trinajstić information content (AvgIpc) is 2.89. The van der Waals surface area contributed by atoms with E-state index in [0.29, 0.717) is 18.3 Å². The Morgan fingerprint density at radius 3 is 2.35 bits per heavy atom. The van der Waals surface area contributed by atoms with Crippen LogP contribution in [0.15, 0.2) is 101 Å². The summed E-state index contributed by atoms with van der Waals surface area (Å²) in [6.45, 7) is 0.447. The maximum absolute atomic E-state index is 8.95. The largest absolute Gasteiger partial charge is 0.395 e. The van der Waals surface area contributed by atoms with Crippen LogP contribution in [0.3, 0.4) is 0 Å². The van der Waals surface area contributed by atoms with Gasteiger partial charge in [0.2, 0.25) is 5.95 Å². The summed E-state index contributed by atoms with van der Waals surface area (Å²) in [4.78, 5) is 9.67. The van der Waals surface area contributed by atoms with E-state index in [1.807, 2.05) is 72.8 Å². The minimum absolute atomic E-state index is 0.0316. The fraction of sp³-hybridized carbons (Fsp3) is 0.0769. The minimum atomic E-state index is 0.0316. The summed E-state index contributed by atoms with van der Waals surface area (Å²) in [6.07, 6.45) is 1.70. The third-order valence-corrected chi connectivity index (χ3v) is 6.04. The van der Waals surface area contributed by atoms with Crippen LogP contribution in [0.25, 0.3) is 22.0 Å². The maximum atomic E-state index is 8.95. The van der Waals surface area contributed by atoms with Gasteiger partial charge < -0.3 is 15.7 Å². The Hall–Kier alpha value is -4.01. The molecule has 2 aromatic heterocycles. The van der Waals surface area contributed by atoms with Gasteiger partial charge in [-0.2, -0.15) is 0 Å². The number of rotatable bonds is 8. The van der Waals surface area contributed by atoms with E-state index in [0.717, 1.165) is 37.6 Å². The van der Waals surface area contributed by atoms with Crippen LogP contribution < -0.4 is 10.6 Å². The zero-order chi connectivity index (χ0) is 23.2. The first-order valence-corrected chi connectivity index (χ1v) is 11.7. The Labute approximate surface area is 201 Å². The van der Waals surface area contributed by atoms with Crippen LogP contribution >= 0.6 is 11.8 Å². The second-order valence-electron chi connectivity index (χ2n) is 7.43. The van der Waals surface area contributed by atoms with Crippen molar-refractivity contribution in [2.24, 2.45) is 0 Å². The second kappa shape index (κ2) is 10.3. The fourth-order valence-electron chi connectivity index (χ4n) is 3.52. The quantitative estimate of drug-likeness (QED) is 0.262. The van der Waals surface area contributed by atoms with Crippen LogP contribution in [0.2, 0.25) is 0 Å². The molecule has 0 bridgehead atoms. The number of benzene rings is 3. The number of hydrogen-bond acceptors (Lipinski definition) is 8. The van der Waals surface area contributed by atoms with E-state index in [1.54, 1.807) is 18.0 Å². The normalized spacial score (nSPS) is 10.9. The van der Waals surface area contributed by atoms with Gasteiger partial charge in [-0.3, -0.25) is 0 Å². The van der Waals surface area contributed by atoms with Gasteiger partial charge >= 0.3 is 0 Å². The molecule has 5 aromatic rings. The Morgan fingerprint density at radius 2 is 1.56 bits per heavy atom. The summed E-state index contributed by atoms with van der Waals surface area (Å²) >= 11 is 1.54. The van der Waals surface area contributed by atoms with Gasteiger partial charge in [0.25, 0.3) is 0 Å². The van der Waals surface area contributed by atoms with E-state index in [-0.39, 0.29) is 6.61 Å². The summed E-state index contributed by atoms with van der Waals surface area (Å²) in [5.41, 5.74) is 2.83. The molecule has 168 valence electrons. The smallest absolute Gasteiger partial charge is 0.223 e. The van der Waals surface area contributed by atoms with Crippen molar-refractivity contribution in [3.8, 4) is 11.3 Å². The Bertz CT molecular complexity index is 1400. The van der Waals surface area contributed by atoms with Gasteiger partial charge in [-0.05, 0) is 30.3 Å². The molecule has 0 aliphatic carbocycles. The molecule has 34 heavy (non-hydrogen) atoms. The van der Waals surface area contributed by atoms with Crippen molar-refractivity contribution in [3.05, 3.63) is 91.1 Å². The van der Waals surface area contributed by atoms with E-state index in [9.17, 15) is 0 Å². The van der Waals surface area contributed by atoms with Crippen molar-refractivity contribution in [3.63, 3.8) is 0 Å². The predicted molar refractivity (Wildman–Crippen MR) is 136 cm³/mol. The summed E-state index contributed by atoms with van der Waals surface area (Å²) in [5.74, 6) is 1.22. The number of fused-ring (bicyclic) bond motifs is 1. The van der Waals surface area contributed by atoms with Crippen molar-refractivity contribution in [2.75, 3.05) is 23.8 Å². The zero-order valence-corrected chi connectivity index (χ0v) is 19.0. The zero-order valence-electron chi connectivity index (χ0n) is 18.2. The molecule has 0 saturated carbocycles. The highest BCUT2D eigenvalue weighted by atomic mass is 32.2. The minimum Gasteiger partial charge on any atom is -0.395 e. The standard InChI is InChI=1S/C26H22N6OS/c33-17-16-28-26-27-15-14-23(30-26)34-20-12-10-19(11-13-20)29-25-22-9-5-4-8-21(22)24(31-32-25)18-6-2-1-3-7-18/h1-15,33H,16-17H2,(H,29,32)(H,27,28,30). The van der Waals surface area contributed by atoms with Gasteiger partial charge in [-0.25, -0.2) is 9.97 Å². The number of hydrogen-bond donors (Lipinski definition) is 3. The Morgan fingerprint density at radius 1 is 0.794 bits per heavy atom. The molecule has 2 heterocycles. The fourth-order valence-corrected chi connectivity index (χ4v) is 4.30. The molecule has 3 N–H and O–H groups in total. The van der Waals surface area contributed by atoms with Crippen molar-refractivity contribution in [2.45, 2.75) is 9.92 Å². The van der Waals surface area contributed by atoms with Gasteiger partial charge in [0.1, 0.15) is 10.7 Å². The molecule has 3 aromatic carbocycles. The lowest BCUT2D eigenvalue weighted by molar-refractivity contribution is 0.310. The third-order valence-electron chi connectivity index (χ3n) is 5.10. The monoisotopic (exact) mass is 466 g/mol. The molecule has 0 radical (unpaired) electrons. The number of aliphatic hydroxyl groups excluding tert-OH is 1. The van der Waals surface area contributed by atoms with Gasteiger partial charge in [0.05, 0.1) is 6.61 Å². The third kappa shape index (κ3) is 4.98. The van der Waals surface area contributed by atoms with E-state index in [4.69, 9.17) is 5.11 Å². The molecule has 0 unspecified atom stereocenters. The van der Waals surface area contributed by atoms with Gasteiger partial charge in [-0.15, -0.1) is 10.2 Å². The Balaban J connectivity index is 1.35. The predicted octanol–water partition coefficient (Wildman–Crippen LogP) is 5.39. The molecule has 0 spiro atoms. The first-order chi connectivity index (χ1) is 16.8. The van der Waals surface area contributed by atoms with Crippen LogP contribution in [0, 0.1) is 0 Å². The molecule has 0 fully saturated rings. The topological polar surface area (TPSA) is 95.8 Å². The molecule has 7 nitrogen and oxygen atoms in total. The summed E-state index contributed by atoms with van der Waals surface area (Å²) in [7, 11) is 0. The summed E-state index contributed by atoms with van der Waals surface area (Å²) in [6, 6.07) is 28.2. The highest BCUT2D eigenvalue weighted by molar-refractivity contribution is 7.99. The van der Waals surface area contributed by atoms with Crippen LogP contribution in [0.1, 0.15) is 0 Å². The molecule has 0 saturated heterocycles. The van der Waals surface area contributed by atoms with E-state index in [1.165, 1.54) is 0 Å². The molecule has 5 rings (SSSR count). The number of aliphatic hydroxyl groups is 1. The lowest BCUT2D eigenvalue weighted by atomic mass is 10.0. The van der Waals surface area contributed by atoms with E-state index >= 15 is 0 Å². The maximum Gasteiger partial charge on any atom is 0.223 e. The molecule has 8 heteroatoms. The molecular formula is C26H22N6OS. The highest BCUT2D eigenvalue weighted by Gasteiger charge is 2.11. The summed E-state index contributed by atoms with van der Waals surface area (Å²) in [5, 5.41) is 27.2. The molecule has 0 aliphatic rings. The molecule has 0 atom stereocenters. The van der Waals surface area contributed by atoms with Crippen LogP contribution in [-0.4, -0.2) is 38.4 Å². The van der Waals surface area contributed by atoms with Crippen molar-refractivity contribution in [1.29, 1.82) is 0 Å².